The molecule has 0 saturated carbocycles. The molecule has 0 radical (unpaired) electrons. The van der Waals surface area contributed by atoms with Gasteiger partial charge in [0.25, 0.3) is 5.56 Å². The number of fused-ring (bicyclic) bond motifs is 1. The van der Waals surface area contributed by atoms with Gasteiger partial charge in [-0.1, -0.05) is 12.1 Å². The van der Waals surface area contributed by atoms with Crippen LogP contribution in [0, 0.1) is 5.82 Å². The third kappa shape index (κ3) is 2.25. The van der Waals surface area contributed by atoms with Crippen molar-refractivity contribution >= 4 is 10.9 Å². The summed E-state index contributed by atoms with van der Waals surface area (Å²) in [6, 6.07) is 11.4. The molecule has 0 N–H and O–H groups in total. The van der Waals surface area contributed by atoms with E-state index in [-0.39, 0.29) is 11.4 Å². The molecule has 0 bridgehead atoms. The van der Waals surface area contributed by atoms with E-state index in [0.29, 0.717) is 12.1 Å². The summed E-state index contributed by atoms with van der Waals surface area (Å²) in [4.78, 5) is 16.0. The third-order valence-corrected chi connectivity index (χ3v) is 2.99. The SMILES string of the molecule is O=c1ccccn1Cc1cc(F)cc2cccnc12. The first-order valence-electron chi connectivity index (χ1n) is 5.93. The van der Waals surface area contributed by atoms with Crippen LogP contribution in [0.4, 0.5) is 4.39 Å². The van der Waals surface area contributed by atoms with Gasteiger partial charge in [-0.25, -0.2) is 4.39 Å². The number of rotatable bonds is 2. The molecule has 2 heterocycles. The number of hydrogen-bond donors (Lipinski definition) is 0. The standard InChI is InChI=1S/C15H11FN2O/c16-13-8-11-4-3-6-17-15(11)12(9-13)10-18-7-2-1-5-14(18)19/h1-9H,10H2. The van der Waals surface area contributed by atoms with Gasteiger partial charge in [-0.15, -0.1) is 0 Å². The van der Waals surface area contributed by atoms with E-state index in [1.165, 1.54) is 22.8 Å². The third-order valence-electron chi connectivity index (χ3n) is 2.99. The largest absolute Gasteiger partial charge is 0.311 e. The van der Waals surface area contributed by atoms with E-state index < -0.39 is 0 Å². The van der Waals surface area contributed by atoms with Crippen molar-refractivity contribution in [1.82, 2.24) is 9.55 Å². The zero-order valence-corrected chi connectivity index (χ0v) is 10.1. The first kappa shape index (κ1) is 11.6. The van der Waals surface area contributed by atoms with Crippen molar-refractivity contribution in [2.75, 3.05) is 0 Å². The maximum Gasteiger partial charge on any atom is 0.250 e. The molecule has 19 heavy (non-hydrogen) atoms. The number of benzene rings is 1. The van der Waals surface area contributed by atoms with Gasteiger partial charge in [-0.2, -0.15) is 0 Å². The molecule has 1 aromatic carbocycles. The minimum atomic E-state index is -0.320. The zero-order valence-electron chi connectivity index (χ0n) is 10.1. The van der Waals surface area contributed by atoms with E-state index in [0.717, 1.165) is 10.9 Å². The van der Waals surface area contributed by atoms with Crippen LogP contribution in [0.25, 0.3) is 10.9 Å². The maximum absolute atomic E-state index is 13.6. The van der Waals surface area contributed by atoms with Crippen LogP contribution in [-0.4, -0.2) is 9.55 Å². The van der Waals surface area contributed by atoms with Gasteiger partial charge in [0.1, 0.15) is 5.82 Å². The first-order valence-corrected chi connectivity index (χ1v) is 5.93. The smallest absolute Gasteiger partial charge is 0.250 e. The van der Waals surface area contributed by atoms with Gasteiger partial charge >= 0.3 is 0 Å². The van der Waals surface area contributed by atoms with Crippen LogP contribution in [0.3, 0.4) is 0 Å². The van der Waals surface area contributed by atoms with Gasteiger partial charge in [0.05, 0.1) is 12.1 Å². The molecular weight excluding hydrogens is 243 g/mol. The fourth-order valence-corrected chi connectivity index (χ4v) is 2.12. The highest BCUT2D eigenvalue weighted by atomic mass is 19.1. The molecule has 0 saturated heterocycles. The highest BCUT2D eigenvalue weighted by Crippen LogP contribution is 2.18. The Labute approximate surface area is 109 Å². The summed E-state index contributed by atoms with van der Waals surface area (Å²) >= 11 is 0. The lowest BCUT2D eigenvalue weighted by molar-refractivity contribution is 0.625. The van der Waals surface area contributed by atoms with Gasteiger partial charge < -0.3 is 4.57 Å². The van der Waals surface area contributed by atoms with Crippen LogP contribution in [0.5, 0.6) is 0 Å². The molecule has 0 aliphatic rings. The van der Waals surface area contributed by atoms with E-state index in [1.54, 1.807) is 30.6 Å². The average molecular weight is 254 g/mol. The second-order valence-corrected chi connectivity index (χ2v) is 4.31. The van der Waals surface area contributed by atoms with Crippen molar-refractivity contribution in [2.45, 2.75) is 6.54 Å². The fourth-order valence-electron chi connectivity index (χ4n) is 2.12. The Morgan fingerprint density at radius 1 is 1.16 bits per heavy atom. The molecule has 0 atom stereocenters. The molecule has 0 unspecified atom stereocenters. The summed E-state index contributed by atoms with van der Waals surface area (Å²) in [5.74, 6) is -0.320. The molecule has 3 nitrogen and oxygen atoms in total. The summed E-state index contributed by atoms with van der Waals surface area (Å²) in [6.07, 6.45) is 3.35. The van der Waals surface area contributed by atoms with Crippen LogP contribution >= 0.6 is 0 Å². The van der Waals surface area contributed by atoms with E-state index in [1.807, 2.05) is 6.07 Å². The minimum Gasteiger partial charge on any atom is -0.311 e. The molecular formula is C15H11FN2O. The Bertz CT molecular complexity index is 795. The predicted octanol–water partition coefficient (Wildman–Crippen LogP) is 2.58. The summed E-state index contributed by atoms with van der Waals surface area (Å²) in [5.41, 5.74) is 1.30. The number of hydrogen-bond acceptors (Lipinski definition) is 2. The van der Waals surface area contributed by atoms with Crippen molar-refractivity contribution in [3.8, 4) is 0 Å². The van der Waals surface area contributed by atoms with Crippen LogP contribution in [0.15, 0.2) is 59.7 Å². The van der Waals surface area contributed by atoms with Gasteiger partial charge in [-0.3, -0.25) is 9.78 Å². The quantitative estimate of drug-likeness (QED) is 0.704. The Kier molecular flexibility index (Phi) is 2.83. The summed E-state index contributed by atoms with van der Waals surface area (Å²) in [6.45, 7) is 0.310. The Balaban J connectivity index is 2.15. The van der Waals surface area contributed by atoms with Crippen LogP contribution < -0.4 is 5.56 Å². The molecule has 0 aliphatic heterocycles. The van der Waals surface area contributed by atoms with Gasteiger partial charge in [0.15, 0.2) is 0 Å². The van der Waals surface area contributed by atoms with Gasteiger partial charge in [0.2, 0.25) is 0 Å². The number of aromatic nitrogens is 2. The number of nitrogens with zero attached hydrogens (tertiary/aromatic N) is 2. The normalized spacial score (nSPS) is 10.8. The first-order chi connectivity index (χ1) is 9.24. The van der Waals surface area contributed by atoms with E-state index in [9.17, 15) is 9.18 Å². The second-order valence-electron chi connectivity index (χ2n) is 4.31. The molecule has 4 heteroatoms. The monoisotopic (exact) mass is 254 g/mol. The molecule has 0 fully saturated rings. The summed E-state index contributed by atoms with van der Waals surface area (Å²) in [7, 11) is 0. The zero-order chi connectivity index (χ0) is 13.2. The van der Waals surface area contributed by atoms with Crippen molar-refractivity contribution in [3.05, 3.63) is 76.6 Å². The second kappa shape index (κ2) is 4.65. The van der Waals surface area contributed by atoms with Crippen molar-refractivity contribution in [1.29, 1.82) is 0 Å². The van der Waals surface area contributed by atoms with Crippen LogP contribution in [0.1, 0.15) is 5.56 Å². The Morgan fingerprint density at radius 3 is 2.89 bits per heavy atom. The molecule has 0 aliphatic carbocycles. The lowest BCUT2D eigenvalue weighted by atomic mass is 10.1. The average Bonchev–Trinajstić information content (AvgIpc) is 2.41. The maximum atomic E-state index is 13.6. The van der Waals surface area contributed by atoms with E-state index in [2.05, 4.69) is 4.98 Å². The highest BCUT2D eigenvalue weighted by molar-refractivity contribution is 5.81. The Morgan fingerprint density at radius 2 is 2.05 bits per heavy atom. The van der Waals surface area contributed by atoms with Crippen molar-refractivity contribution in [3.63, 3.8) is 0 Å². The number of halogens is 1. The predicted molar refractivity (Wildman–Crippen MR) is 71.5 cm³/mol. The molecule has 2 aromatic heterocycles. The molecule has 3 aromatic rings. The molecule has 0 spiro atoms. The number of pyridine rings is 2. The molecule has 0 amide bonds. The summed E-state index contributed by atoms with van der Waals surface area (Å²) < 4.78 is 15.1. The van der Waals surface area contributed by atoms with Gasteiger partial charge in [-0.05, 0) is 24.3 Å². The lowest BCUT2D eigenvalue weighted by Crippen LogP contribution is -2.18. The molecule has 3 rings (SSSR count). The van der Waals surface area contributed by atoms with E-state index in [4.69, 9.17) is 0 Å². The van der Waals surface area contributed by atoms with Crippen molar-refractivity contribution in [2.24, 2.45) is 0 Å². The van der Waals surface area contributed by atoms with Gasteiger partial charge in [0, 0.05) is 29.4 Å². The van der Waals surface area contributed by atoms with Crippen LogP contribution in [-0.2, 0) is 6.54 Å². The fraction of sp³-hybridized carbons (Fsp3) is 0.0667. The summed E-state index contributed by atoms with van der Waals surface area (Å²) in [5, 5.41) is 0.737. The van der Waals surface area contributed by atoms with Crippen molar-refractivity contribution < 1.29 is 4.39 Å². The Hall–Kier alpha value is -2.49. The van der Waals surface area contributed by atoms with E-state index >= 15 is 0 Å². The van der Waals surface area contributed by atoms with Crippen LogP contribution in [0.2, 0.25) is 0 Å². The molecule has 94 valence electrons. The topological polar surface area (TPSA) is 34.9 Å². The highest BCUT2D eigenvalue weighted by Gasteiger charge is 2.06. The lowest BCUT2D eigenvalue weighted by Gasteiger charge is -2.08. The minimum absolute atomic E-state index is 0.115.